The quantitative estimate of drug-likeness (QED) is 0.598. The monoisotopic (exact) mass is 466 g/mol. The van der Waals surface area contributed by atoms with Crippen LogP contribution in [0.3, 0.4) is 0 Å². The van der Waals surface area contributed by atoms with Gasteiger partial charge in [0.05, 0.1) is 13.5 Å². The van der Waals surface area contributed by atoms with Crippen LogP contribution in [0.5, 0.6) is 5.75 Å². The zero-order chi connectivity index (χ0) is 24.5. The molecule has 0 fully saturated rings. The number of hydrogen-bond donors (Lipinski definition) is 2. The van der Waals surface area contributed by atoms with E-state index in [4.69, 9.17) is 4.74 Å². The van der Waals surface area contributed by atoms with Gasteiger partial charge in [0.25, 0.3) is 5.91 Å². The number of H-pyrrole nitrogens is 1. The summed E-state index contributed by atoms with van der Waals surface area (Å²) in [5.74, 6) is -0.231. The van der Waals surface area contributed by atoms with E-state index in [9.17, 15) is 14.0 Å². The molecule has 0 saturated carbocycles. The Morgan fingerprint density at radius 2 is 2.03 bits per heavy atom. The van der Waals surface area contributed by atoms with E-state index >= 15 is 0 Å². The highest BCUT2D eigenvalue weighted by Gasteiger charge is 2.36. The van der Waals surface area contributed by atoms with Gasteiger partial charge in [-0.1, -0.05) is 38.1 Å². The number of ether oxygens (including phenoxy) is 1. The molecule has 2 heterocycles. The van der Waals surface area contributed by atoms with Gasteiger partial charge in [-0.3, -0.25) is 9.59 Å². The van der Waals surface area contributed by atoms with Crippen molar-refractivity contribution in [2.24, 2.45) is 0 Å². The smallest absolute Gasteiger partial charge is 0.251 e. The SMILES string of the molecule is COc1ccc2c(c1)CCN(C(=O)Cc1nn[nH]n1)C2C(=O)Nc1ccc(C(C)(C)C)c(F)c1. The minimum Gasteiger partial charge on any atom is -0.497 e. The number of aromatic amines is 1. The number of nitrogens with one attached hydrogen (secondary N) is 2. The van der Waals surface area contributed by atoms with Crippen LogP contribution in [-0.2, 0) is 27.8 Å². The molecule has 3 aromatic rings. The number of nitrogens with zero attached hydrogens (tertiary/aromatic N) is 4. The molecule has 178 valence electrons. The average molecular weight is 467 g/mol. The zero-order valence-corrected chi connectivity index (χ0v) is 19.6. The molecule has 2 N–H and O–H groups in total. The fraction of sp³-hybridized carbons (Fsp3) is 0.375. The largest absolute Gasteiger partial charge is 0.497 e. The Hall–Kier alpha value is -3.82. The van der Waals surface area contributed by atoms with Crippen LogP contribution in [-0.4, -0.2) is 51.0 Å². The number of tetrazole rings is 1. The van der Waals surface area contributed by atoms with Gasteiger partial charge in [0.1, 0.15) is 17.6 Å². The molecule has 4 rings (SSSR count). The fourth-order valence-electron chi connectivity index (χ4n) is 4.19. The molecule has 34 heavy (non-hydrogen) atoms. The van der Waals surface area contributed by atoms with Gasteiger partial charge in [0.2, 0.25) is 5.91 Å². The topological polar surface area (TPSA) is 113 Å². The van der Waals surface area contributed by atoms with E-state index in [1.165, 1.54) is 11.0 Å². The summed E-state index contributed by atoms with van der Waals surface area (Å²) >= 11 is 0. The Labute approximate surface area is 196 Å². The highest BCUT2D eigenvalue weighted by atomic mass is 19.1. The first-order valence-corrected chi connectivity index (χ1v) is 11.0. The number of carbonyl (C=O) groups is 2. The number of anilines is 1. The molecule has 2 aromatic carbocycles. The first-order valence-electron chi connectivity index (χ1n) is 11.0. The van der Waals surface area contributed by atoms with Crippen LogP contribution in [0.25, 0.3) is 0 Å². The van der Waals surface area contributed by atoms with Gasteiger partial charge < -0.3 is 15.0 Å². The summed E-state index contributed by atoms with van der Waals surface area (Å²) in [5.41, 5.74) is 2.11. The van der Waals surface area contributed by atoms with E-state index in [0.29, 0.717) is 35.5 Å². The van der Waals surface area contributed by atoms with Crippen LogP contribution in [0.2, 0.25) is 0 Å². The number of halogens is 1. The molecule has 0 radical (unpaired) electrons. The predicted octanol–water partition coefficient (Wildman–Crippen LogP) is 2.95. The summed E-state index contributed by atoms with van der Waals surface area (Å²) in [6.45, 7) is 6.09. The second kappa shape index (κ2) is 9.20. The van der Waals surface area contributed by atoms with Crippen molar-refractivity contribution in [3.63, 3.8) is 0 Å². The van der Waals surface area contributed by atoms with E-state index in [-0.39, 0.29) is 23.6 Å². The van der Waals surface area contributed by atoms with Gasteiger partial charge in [-0.15, -0.1) is 10.2 Å². The van der Waals surface area contributed by atoms with Crippen LogP contribution in [0.1, 0.15) is 49.3 Å². The number of benzene rings is 2. The molecular weight excluding hydrogens is 439 g/mol. The minimum absolute atomic E-state index is 0.0966. The molecule has 0 spiro atoms. The average Bonchev–Trinajstić information content (AvgIpc) is 3.29. The molecule has 10 heteroatoms. The maximum absolute atomic E-state index is 14.7. The fourth-order valence-corrected chi connectivity index (χ4v) is 4.19. The lowest BCUT2D eigenvalue weighted by Crippen LogP contribution is -2.46. The molecule has 1 aliphatic rings. The number of aromatic nitrogens is 4. The molecule has 0 aliphatic carbocycles. The van der Waals surface area contributed by atoms with E-state index in [1.807, 2.05) is 26.8 Å². The molecule has 1 aromatic heterocycles. The first kappa shape index (κ1) is 23.3. The van der Waals surface area contributed by atoms with Crippen molar-refractivity contribution < 1.29 is 18.7 Å². The first-order chi connectivity index (χ1) is 16.2. The second-order valence-electron chi connectivity index (χ2n) is 9.24. The van der Waals surface area contributed by atoms with Crippen LogP contribution >= 0.6 is 0 Å². The number of amides is 2. The minimum atomic E-state index is -0.903. The van der Waals surface area contributed by atoms with Crippen LogP contribution in [0.4, 0.5) is 10.1 Å². The Balaban J connectivity index is 1.65. The summed E-state index contributed by atoms with van der Waals surface area (Å²) in [6.07, 6.45) is 0.462. The van der Waals surface area contributed by atoms with E-state index < -0.39 is 17.8 Å². The lowest BCUT2D eigenvalue weighted by Gasteiger charge is -2.36. The molecule has 1 aliphatic heterocycles. The highest BCUT2D eigenvalue weighted by molar-refractivity contribution is 5.98. The van der Waals surface area contributed by atoms with Gasteiger partial charge in [0, 0.05) is 12.2 Å². The van der Waals surface area contributed by atoms with Crippen molar-refractivity contribution in [2.75, 3.05) is 19.0 Å². The van der Waals surface area contributed by atoms with Gasteiger partial charge >= 0.3 is 0 Å². The predicted molar refractivity (Wildman–Crippen MR) is 123 cm³/mol. The number of rotatable bonds is 5. The van der Waals surface area contributed by atoms with Crippen LogP contribution in [0, 0.1) is 5.82 Å². The second-order valence-corrected chi connectivity index (χ2v) is 9.24. The van der Waals surface area contributed by atoms with Crippen molar-refractivity contribution in [1.29, 1.82) is 0 Å². The molecular formula is C24H27FN6O3. The molecule has 2 amide bonds. The molecule has 0 bridgehead atoms. The van der Waals surface area contributed by atoms with Crippen molar-refractivity contribution in [3.05, 3.63) is 64.7 Å². The molecule has 0 saturated heterocycles. The third-order valence-electron chi connectivity index (χ3n) is 5.89. The number of methoxy groups -OCH3 is 1. The summed E-state index contributed by atoms with van der Waals surface area (Å²) in [4.78, 5) is 28.1. The molecule has 1 unspecified atom stereocenters. The Morgan fingerprint density at radius 3 is 2.68 bits per heavy atom. The van der Waals surface area contributed by atoms with Crippen molar-refractivity contribution in [1.82, 2.24) is 25.5 Å². The molecule has 1 atom stereocenters. The highest BCUT2D eigenvalue weighted by Crippen LogP contribution is 2.34. The number of fused-ring (bicyclic) bond motifs is 1. The Kier molecular flexibility index (Phi) is 6.32. The number of carbonyl (C=O) groups excluding carboxylic acids is 2. The van der Waals surface area contributed by atoms with E-state index in [0.717, 1.165) is 5.56 Å². The maximum Gasteiger partial charge on any atom is 0.251 e. The Morgan fingerprint density at radius 1 is 1.24 bits per heavy atom. The summed E-state index contributed by atoms with van der Waals surface area (Å²) in [6, 6.07) is 9.16. The van der Waals surface area contributed by atoms with Gasteiger partial charge in [-0.2, -0.15) is 5.21 Å². The van der Waals surface area contributed by atoms with Crippen LogP contribution in [0.15, 0.2) is 36.4 Å². The van der Waals surface area contributed by atoms with Crippen LogP contribution < -0.4 is 10.1 Å². The zero-order valence-electron chi connectivity index (χ0n) is 19.6. The third-order valence-corrected chi connectivity index (χ3v) is 5.89. The van der Waals surface area contributed by atoms with Crippen molar-refractivity contribution >= 4 is 17.5 Å². The number of hydrogen-bond acceptors (Lipinski definition) is 6. The summed E-state index contributed by atoms with van der Waals surface area (Å²) in [5, 5.41) is 16.3. The molecule has 9 nitrogen and oxygen atoms in total. The van der Waals surface area contributed by atoms with Crippen molar-refractivity contribution in [3.8, 4) is 5.75 Å². The lowest BCUT2D eigenvalue weighted by atomic mass is 9.86. The van der Waals surface area contributed by atoms with Crippen molar-refractivity contribution in [2.45, 2.75) is 45.1 Å². The van der Waals surface area contributed by atoms with Gasteiger partial charge in [0.15, 0.2) is 5.82 Å². The summed E-state index contributed by atoms with van der Waals surface area (Å²) < 4.78 is 20.0. The van der Waals surface area contributed by atoms with Gasteiger partial charge in [-0.25, -0.2) is 4.39 Å². The van der Waals surface area contributed by atoms with E-state index in [1.54, 1.807) is 31.4 Å². The lowest BCUT2D eigenvalue weighted by molar-refractivity contribution is -0.139. The van der Waals surface area contributed by atoms with Gasteiger partial charge in [-0.05, 0) is 52.8 Å². The van der Waals surface area contributed by atoms with E-state index in [2.05, 4.69) is 25.9 Å². The normalized spacial score (nSPS) is 15.6. The maximum atomic E-state index is 14.7. The standard InChI is InChI=1S/C24H27FN6O3/c1-24(2,3)18-8-5-15(12-19(18)25)26-23(33)22-17-7-6-16(34-4)11-14(17)9-10-31(22)21(32)13-20-27-29-30-28-20/h5-8,11-12,22H,9-10,13H2,1-4H3,(H,26,33)(H,27,28,29,30). The Bertz CT molecular complexity index is 1210. The summed E-state index contributed by atoms with van der Waals surface area (Å²) in [7, 11) is 1.57. The third kappa shape index (κ3) is 4.75.